The van der Waals surface area contributed by atoms with Crippen LogP contribution >= 0.6 is 18.9 Å². The number of nitrogens with one attached hydrogen (secondary N) is 1. The first kappa shape index (κ1) is 31.4. The van der Waals surface area contributed by atoms with Crippen LogP contribution in [0.25, 0.3) is 10.1 Å². The van der Waals surface area contributed by atoms with E-state index in [9.17, 15) is 27.7 Å². The first-order chi connectivity index (χ1) is 21.9. The molecule has 2 unspecified atom stereocenters. The molecule has 9 nitrogen and oxygen atoms in total. The average molecular weight is 672 g/mol. The van der Waals surface area contributed by atoms with Gasteiger partial charge in [0.25, 0.3) is 5.91 Å². The zero-order valence-electron chi connectivity index (χ0n) is 25.1. The number of hydrogen-bond donors (Lipinski definition) is 3. The Kier molecular flexibility index (Phi) is 7.86. The van der Waals surface area contributed by atoms with E-state index in [4.69, 9.17) is 9.79 Å². The topological polar surface area (TPSA) is 127 Å². The summed E-state index contributed by atoms with van der Waals surface area (Å²) in [7, 11) is -5.75. The largest absolute Gasteiger partial charge is 0.399 e. The van der Waals surface area contributed by atoms with Crippen molar-refractivity contribution in [1.82, 2.24) is 15.1 Å². The van der Waals surface area contributed by atoms with Gasteiger partial charge in [-0.1, -0.05) is 49.2 Å². The maximum atomic E-state index is 14.3. The minimum absolute atomic E-state index is 0.00449. The Hall–Kier alpha value is -3.18. The van der Waals surface area contributed by atoms with E-state index in [1.165, 1.54) is 17.7 Å². The maximum Gasteiger partial charge on any atom is 0.399 e. The molecule has 1 saturated carbocycles. The molecule has 3 saturated heterocycles. The van der Waals surface area contributed by atoms with Crippen molar-refractivity contribution in [2.24, 2.45) is 0 Å². The lowest BCUT2D eigenvalue weighted by Crippen LogP contribution is -2.57. The van der Waals surface area contributed by atoms with Gasteiger partial charge in [0.2, 0.25) is 11.8 Å². The predicted octanol–water partition coefficient (Wildman–Crippen LogP) is 5.71. The number of benzene rings is 2. The van der Waals surface area contributed by atoms with Crippen LogP contribution in [0.2, 0.25) is 0 Å². The molecule has 4 aliphatic rings. The number of hydrogen-bond acceptors (Lipinski definition) is 5. The average Bonchev–Trinajstić information content (AvgIpc) is 3.34. The Morgan fingerprint density at radius 3 is 2.46 bits per heavy atom. The van der Waals surface area contributed by atoms with Crippen LogP contribution in [-0.2, 0) is 19.8 Å². The fraction of sp³-hybridized carbons (Fsp3) is 0.485. The minimum Gasteiger partial charge on any atom is -0.340 e. The van der Waals surface area contributed by atoms with Crippen molar-refractivity contribution in [3.05, 3.63) is 70.6 Å². The number of carbonyl (C=O) groups is 3. The molecule has 0 bridgehead atoms. The summed E-state index contributed by atoms with van der Waals surface area (Å²) in [4.78, 5) is 64.0. The standard InChI is InChI=1S/C33H36F2N3O6PS/c34-33(35,45(42,43)44)23-10-13-27-21(16-23)17-28(46-27)29(39)36-25-9-5-4-8-24-11-12-26(38(24)30(25)40)31(41)37-19-22(18-32(37)14-15-32)20-6-2-1-3-7-20/h1-3,6-7,10,13,16-17,22,24-26H,4-5,8-9,11-12,14-15,18-19H2,(H,36,39)(H2,42,43,44)/t22?,24-,25?,26-/m0/s1. The number of thiophene rings is 1. The smallest absolute Gasteiger partial charge is 0.340 e. The third-order valence-corrected chi connectivity index (χ3v) is 12.4. The van der Waals surface area contributed by atoms with Crippen LogP contribution in [0.1, 0.15) is 84.5 Å². The van der Waals surface area contributed by atoms with Gasteiger partial charge in [-0.05, 0) is 74.1 Å². The van der Waals surface area contributed by atoms with Gasteiger partial charge in [0, 0.05) is 34.3 Å². The zero-order valence-corrected chi connectivity index (χ0v) is 26.8. The summed E-state index contributed by atoms with van der Waals surface area (Å²) in [5.41, 5.74) is -4.12. The van der Waals surface area contributed by atoms with Gasteiger partial charge in [-0.15, -0.1) is 11.3 Å². The fourth-order valence-corrected chi connectivity index (χ4v) is 9.19. The molecule has 0 radical (unpaired) electrons. The van der Waals surface area contributed by atoms with Crippen molar-refractivity contribution < 1.29 is 37.5 Å². The fourth-order valence-electron chi connectivity index (χ4n) is 7.77. The summed E-state index contributed by atoms with van der Waals surface area (Å²) in [6.45, 7) is 0.639. The number of amides is 3. The summed E-state index contributed by atoms with van der Waals surface area (Å²) in [5.74, 6) is -0.531. The van der Waals surface area contributed by atoms with Gasteiger partial charge in [-0.25, -0.2) is 0 Å². The molecule has 1 spiro atoms. The Bertz CT molecular complexity index is 1740. The number of fused-ring (bicyclic) bond motifs is 2. The highest BCUT2D eigenvalue weighted by atomic mass is 32.1. The zero-order chi connectivity index (χ0) is 32.4. The molecule has 1 aromatic heterocycles. The summed E-state index contributed by atoms with van der Waals surface area (Å²) < 4.78 is 40.5. The molecular formula is C33H36F2N3O6PS. The van der Waals surface area contributed by atoms with Gasteiger partial charge in [0.1, 0.15) is 12.1 Å². The quantitative estimate of drug-likeness (QED) is 0.288. The SMILES string of the molecule is O=C(NC1CCCC[C@H]2CC[C@@H](C(=O)N3CC(c4ccccc4)CC34CC4)N2C1=O)c1cc2cc(C(F)(F)P(=O)(O)O)ccc2s1. The Morgan fingerprint density at radius 1 is 1.00 bits per heavy atom. The number of alkyl halides is 2. The summed E-state index contributed by atoms with van der Waals surface area (Å²) in [5, 5.41) is 3.10. The molecule has 3 aliphatic heterocycles. The number of rotatable bonds is 6. The second-order valence-corrected chi connectivity index (χ2v) is 16.0. The molecule has 3 amide bonds. The second kappa shape index (κ2) is 11.5. The van der Waals surface area contributed by atoms with Crippen molar-refractivity contribution >= 4 is 46.7 Å². The summed E-state index contributed by atoms with van der Waals surface area (Å²) in [6.07, 6.45) is 7.04. The second-order valence-electron chi connectivity index (χ2n) is 13.2. The lowest BCUT2D eigenvalue weighted by Gasteiger charge is -2.37. The van der Waals surface area contributed by atoms with Crippen molar-refractivity contribution in [2.45, 2.75) is 93.0 Å². The van der Waals surface area contributed by atoms with E-state index in [1.807, 2.05) is 23.1 Å². The van der Waals surface area contributed by atoms with Crippen LogP contribution in [-0.4, -0.2) is 67.5 Å². The number of nitrogens with zero attached hydrogens (tertiary/aromatic N) is 2. The van der Waals surface area contributed by atoms with Gasteiger partial charge in [0.15, 0.2) is 0 Å². The number of carbonyl (C=O) groups excluding carboxylic acids is 3. The van der Waals surface area contributed by atoms with E-state index in [2.05, 4.69) is 17.4 Å². The summed E-state index contributed by atoms with van der Waals surface area (Å²) in [6, 6.07) is 13.4. The van der Waals surface area contributed by atoms with E-state index >= 15 is 0 Å². The first-order valence-electron chi connectivity index (χ1n) is 15.8. The van der Waals surface area contributed by atoms with Crippen LogP contribution in [0, 0.1) is 0 Å². The molecule has 46 heavy (non-hydrogen) atoms. The third kappa shape index (κ3) is 5.47. The maximum absolute atomic E-state index is 14.3. The molecule has 3 N–H and O–H groups in total. The first-order valence-corrected chi connectivity index (χ1v) is 18.3. The normalized spacial score (nSPS) is 26.2. The van der Waals surface area contributed by atoms with Crippen LogP contribution in [0.15, 0.2) is 54.6 Å². The predicted molar refractivity (Wildman–Crippen MR) is 169 cm³/mol. The lowest BCUT2D eigenvalue weighted by molar-refractivity contribution is -0.148. The molecule has 13 heteroatoms. The highest BCUT2D eigenvalue weighted by Crippen LogP contribution is 2.59. The third-order valence-electron chi connectivity index (χ3n) is 10.3. The van der Waals surface area contributed by atoms with E-state index in [0.29, 0.717) is 24.1 Å². The van der Waals surface area contributed by atoms with Crippen LogP contribution in [0.4, 0.5) is 8.78 Å². The van der Waals surface area contributed by atoms with Crippen molar-refractivity contribution in [2.75, 3.05) is 6.54 Å². The molecule has 4 atom stereocenters. The Labute approximate surface area is 269 Å². The van der Waals surface area contributed by atoms with Gasteiger partial charge >= 0.3 is 13.3 Å². The van der Waals surface area contributed by atoms with Gasteiger partial charge < -0.3 is 24.9 Å². The number of halogens is 2. The lowest BCUT2D eigenvalue weighted by atomic mass is 9.96. The van der Waals surface area contributed by atoms with Gasteiger partial charge in [-0.2, -0.15) is 8.78 Å². The molecule has 7 rings (SSSR count). The van der Waals surface area contributed by atoms with Crippen molar-refractivity contribution in [3.8, 4) is 0 Å². The molecule has 4 fully saturated rings. The monoisotopic (exact) mass is 671 g/mol. The van der Waals surface area contributed by atoms with Crippen LogP contribution < -0.4 is 5.32 Å². The van der Waals surface area contributed by atoms with E-state index in [0.717, 1.165) is 68.4 Å². The number of likely N-dealkylation sites (tertiary alicyclic amines) is 1. The van der Waals surface area contributed by atoms with E-state index in [1.54, 1.807) is 4.90 Å². The molecule has 4 heterocycles. The van der Waals surface area contributed by atoms with Gasteiger partial charge in [-0.3, -0.25) is 18.9 Å². The molecule has 3 aromatic rings. The van der Waals surface area contributed by atoms with Gasteiger partial charge in [0.05, 0.1) is 4.88 Å². The van der Waals surface area contributed by atoms with E-state index in [-0.39, 0.29) is 39.6 Å². The highest BCUT2D eigenvalue weighted by molar-refractivity contribution is 7.52. The molecule has 244 valence electrons. The van der Waals surface area contributed by atoms with Crippen molar-refractivity contribution in [1.29, 1.82) is 0 Å². The van der Waals surface area contributed by atoms with E-state index < -0.39 is 36.8 Å². The van der Waals surface area contributed by atoms with Crippen LogP contribution in [0.5, 0.6) is 0 Å². The Balaban J connectivity index is 1.09. The molecule has 2 aromatic carbocycles. The molecular weight excluding hydrogens is 635 g/mol. The van der Waals surface area contributed by atoms with Crippen LogP contribution in [0.3, 0.4) is 0 Å². The highest BCUT2D eigenvalue weighted by Gasteiger charge is 2.58. The summed E-state index contributed by atoms with van der Waals surface area (Å²) >= 11 is 1.04. The Morgan fingerprint density at radius 2 is 1.74 bits per heavy atom. The minimum atomic E-state index is -5.75. The van der Waals surface area contributed by atoms with Crippen molar-refractivity contribution in [3.63, 3.8) is 0 Å². The molecule has 1 aliphatic carbocycles.